The fraction of sp³-hybridized carbons (Fsp3) is 0.370. The molecule has 5 rings (SSSR count). The topological polar surface area (TPSA) is 105 Å². The molecule has 11 nitrogen and oxygen atoms in total. The molecule has 1 fully saturated rings. The molecule has 11 heteroatoms. The average Bonchev–Trinajstić information content (AvgIpc) is 3.44. The van der Waals surface area contributed by atoms with Crippen LogP contribution in [0, 0.1) is 0 Å². The van der Waals surface area contributed by atoms with E-state index >= 15 is 0 Å². The van der Waals surface area contributed by atoms with Crippen LogP contribution in [0.25, 0.3) is 11.3 Å². The van der Waals surface area contributed by atoms with Crippen LogP contribution in [0.5, 0.6) is 34.5 Å². The number of nitrogens with zero attached hydrogens (tertiary/aromatic N) is 4. The predicted octanol–water partition coefficient (Wildman–Crippen LogP) is 3.01. The van der Waals surface area contributed by atoms with E-state index in [1.807, 2.05) is 29.2 Å². The largest absolute Gasteiger partial charge is 0.493 e. The van der Waals surface area contributed by atoms with Crippen LogP contribution >= 0.6 is 0 Å². The molecule has 1 saturated heterocycles. The summed E-state index contributed by atoms with van der Waals surface area (Å²) in [6, 6.07) is 12.8. The van der Waals surface area contributed by atoms with Crippen LogP contribution in [0.2, 0.25) is 0 Å². The summed E-state index contributed by atoms with van der Waals surface area (Å²) in [4.78, 5) is 16.9. The Morgan fingerprint density at radius 3 is 2.21 bits per heavy atom. The van der Waals surface area contributed by atoms with Gasteiger partial charge in [-0.25, -0.2) is 0 Å². The highest BCUT2D eigenvalue weighted by atomic mass is 16.7. The average molecular weight is 523 g/mol. The van der Waals surface area contributed by atoms with E-state index in [1.165, 1.54) is 0 Å². The molecule has 0 spiro atoms. The van der Waals surface area contributed by atoms with Gasteiger partial charge in [-0.2, -0.15) is 0 Å². The molecule has 1 atom stereocenters. The maximum absolute atomic E-state index is 13.0. The van der Waals surface area contributed by atoms with E-state index in [4.69, 9.17) is 28.4 Å². The second-order valence-electron chi connectivity index (χ2n) is 8.78. The number of methoxy groups -OCH3 is 3. The lowest BCUT2D eigenvalue weighted by molar-refractivity contribution is -0.138. The zero-order chi connectivity index (χ0) is 26.6. The van der Waals surface area contributed by atoms with Gasteiger partial charge >= 0.3 is 0 Å². The van der Waals surface area contributed by atoms with Crippen LogP contribution in [0.3, 0.4) is 0 Å². The summed E-state index contributed by atoms with van der Waals surface area (Å²) >= 11 is 0. The molecule has 2 aliphatic heterocycles. The zero-order valence-corrected chi connectivity index (χ0v) is 21.8. The Bertz CT molecular complexity index is 1270. The molecule has 1 amide bonds. The van der Waals surface area contributed by atoms with Gasteiger partial charge in [0.1, 0.15) is 5.75 Å². The van der Waals surface area contributed by atoms with Gasteiger partial charge < -0.3 is 38.2 Å². The standard InChI is InChI=1S/C27H30N4O7/c1-17(38-19-5-7-21-22(15-19)37-16-36-21)27(32)31-11-9-30(10-12-31)25-8-6-20(28-29-25)18-13-23(33-2)26(35-4)24(14-18)34-3/h5-8,13-15,17H,9-12,16H2,1-4H3. The molecule has 1 unspecified atom stereocenters. The fourth-order valence-corrected chi connectivity index (χ4v) is 4.49. The third-order valence-electron chi connectivity index (χ3n) is 6.53. The van der Waals surface area contributed by atoms with Crippen molar-refractivity contribution >= 4 is 11.7 Å². The van der Waals surface area contributed by atoms with Gasteiger partial charge in [0.25, 0.3) is 5.91 Å². The summed E-state index contributed by atoms with van der Waals surface area (Å²) in [5.41, 5.74) is 1.47. The summed E-state index contributed by atoms with van der Waals surface area (Å²) in [6.45, 7) is 4.34. The molecule has 0 radical (unpaired) electrons. The highest BCUT2D eigenvalue weighted by Gasteiger charge is 2.27. The van der Waals surface area contributed by atoms with Gasteiger partial charge in [-0.05, 0) is 43.3 Å². The molecular weight excluding hydrogens is 492 g/mol. The third-order valence-corrected chi connectivity index (χ3v) is 6.53. The van der Waals surface area contributed by atoms with Crippen molar-refractivity contribution in [1.82, 2.24) is 15.1 Å². The summed E-state index contributed by atoms with van der Waals surface area (Å²) in [6.07, 6.45) is -0.625. The van der Waals surface area contributed by atoms with E-state index in [0.717, 1.165) is 11.4 Å². The number of benzene rings is 2. The number of rotatable bonds is 8. The third kappa shape index (κ3) is 5.04. The second-order valence-corrected chi connectivity index (χ2v) is 8.78. The molecule has 0 saturated carbocycles. The first-order valence-corrected chi connectivity index (χ1v) is 12.2. The molecule has 3 heterocycles. The summed E-state index contributed by atoms with van der Waals surface area (Å²) < 4.78 is 32.9. The number of piperazine rings is 1. The lowest BCUT2D eigenvalue weighted by Gasteiger charge is -2.36. The van der Waals surface area contributed by atoms with Crippen LogP contribution in [0.15, 0.2) is 42.5 Å². The van der Waals surface area contributed by atoms with E-state index in [0.29, 0.717) is 66.4 Å². The zero-order valence-electron chi connectivity index (χ0n) is 21.8. The van der Waals surface area contributed by atoms with Gasteiger partial charge in [0.2, 0.25) is 12.5 Å². The van der Waals surface area contributed by atoms with Crippen molar-refractivity contribution in [3.63, 3.8) is 0 Å². The minimum Gasteiger partial charge on any atom is -0.493 e. The Labute approximate surface area is 220 Å². The van der Waals surface area contributed by atoms with E-state index in [1.54, 1.807) is 46.5 Å². The second kappa shape index (κ2) is 10.9. The quantitative estimate of drug-likeness (QED) is 0.438. The van der Waals surface area contributed by atoms with Gasteiger partial charge in [0.05, 0.1) is 27.0 Å². The normalized spacial score (nSPS) is 15.2. The van der Waals surface area contributed by atoms with Gasteiger partial charge in [0, 0.05) is 37.8 Å². The Kier molecular flexibility index (Phi) is 7.25. The monoisotopic (exact) mass is 522 g/mol. The molecule has 38 heavy (non-hydrogen) atoms. The first kappa shape index (κ1) is 25.2. The minimum absolute atomic E-state index is 0.0638. The highest BCUT2D eigenvalue weighted by molar-refractivity contribution is 5.81. The van der Waals surface area contributed by atoms with Crippen molar-refractivity contribution in [2.24, 2.45) is 0 Å². The van der Waals surface area contributed by atoms with E-state index in [2.05, 4.69) is 15.1 Å². The van der Waals surface area contributed by atoms with Gasteiger partial charge in [-0.15, -0.1) is 10.2 Å². The van der Waals surface area contributed by atoms with Crippen LogP contribution in [0.1, 0.15) is 6.92 Å². The SMILES string of the molecule is COc1cc(-c2ccc(N3CCN(C(=O)C(C)Oc4ccc5c(c4)OCO5)CC3)nn2)cc(OC)c1OC. The van der Waals surface area contributed by atoms with Crippen molar-refractivity contribution in [3.8, 4) is 45.8 Å². The van der Waals surface area contributed by atoms with Gasteiger partial charge in [0.15, 0.2) is 34.9 Å². The number of hydrogen-bond donors (Lipinski definition) is 0. The first-order chi connectivity index (χ1) is 18.5. The Morgan fingerprint density at radius 1 is 0.868 bits per heavy atom. The number of hydrogen-bond acceptors (Lipinski definition) is 10. The summed E-state index contributed by atoms with van der Waals surface area (Å²) in [7, 11) is 4.71. The number of aromatic nitrogens is 2. The maximum Gasteiger partial charge on any atom is 0.263 e. The summed E-state index contributed by atoms with van der Waals surface area (Å²) in [5.74, 6) is 4.15. The Hall–Kier alpha value is -4.41. The maximum atomic E-state index is 13.0. The van der Waals surface area contributed by atoms with E-state index in [9.17, 15) is 4.79 Å². The minimum atomic E-state index is -0.625. The number of carbonyl (C=O) groups is 1. The molecule has 1 aromatic heterocycles. The number of anilines is 1. The first-order valence-electron chi connectivity index (χ1n) is 12.2. The van der Waals surface area contributed by atoms with Gasteiger partial charge in [-0.1, -0.05) is 0 Å². The van der Waals surface area contributed by atoms with Crippen molar-refractivity contribution in [3.05, 3.63) is 42.5 Å². The summed E-state index contributed by atoms with van der Waals surface area (Å²) in [5, 5.41) is 8.86. The smallest absolute Gasteiger partial charge is 0.263 e. The number of amides is 1. The predicted molar refractivity (Wildman–Crippen MR) is 139 cm³/mol. The molecule has 0 aliphatic carbocycles. The van der Waals surface area contributed by atoms with Crippen molar-refractivity contribution in [2.75, 3.05) is 59.2 Å². The molecule has 3 aromatic rings. The fourth-order valence-electron chi connectivity index (χ4n) is 4.49. The Balaban J connectivity index is 1.19. The van der Waals surface area contributed by atoms with Crippen molar-refractivity contribution in [2.45, 2.75) is 13.0 Å². The lowest BCUT2D eigenvalue weighted by Crippen LogP contribution is -2.52. The lowest BCUT2D eigenvalue weighted by atomic mass is 10.1. The van der Waals surface area contributed by atoms with E-state index in [-0.39, 0.29) is 12.7 Å². The molecule has 0 N–H and O–H groups in total. The van der Waals surface area contributed by atoms with Crippen LogP contribution in [0.4, 0.5) is 5.82 Å². The van der Waals surface area contributed by atoms with Gasteiger partial charge in [-0.3, -0.25) is 4.79 Å². The molecule has 200 valence electrons. The molecule has 2 aliphatic rings. The molecule has 0 bridgehead atoms. The van der Waals surface area contributed by atoms with Crippen LogP contribution in [-0.4, -0.2) is 81.4 Å². The van der Waals surface area contributed by atoms with Crippen molar-refractivity contribution < 1.29 is 33.2 Å². The molecular formula is C27H30N4O7. The number of ether oxygens (including phenoxy) is 6. The van der Waals surface area contributed by atoms with Crippen molar-refractivity contribution in [1.29, 1.82) is 0 Å². The van der Waals surface area contributed by atoms with Crippen LogP contribution < -0.4 is 33.3 Å². The van der Waals surface area contributed by atoms with E-state index < -0.39 is 6.10 Å². The van der Waals surface area contributed by atoms with Crippen LogP contribution in [-0.2, 0) is 4.79 Å². The Morgan fingerprint density at radius 2 is 1.58 bits per heavy atom. The number of carbonyl (C=O) groups excluding carboxylic acids is 1. The number of fused-ring (bicyclic) bond motifs is 1. The molecule has 2 aromatic carbocycles. The highest BCUT2D eigenvalue weighted by Crippen LogP contribution is 2.41.